The second-order valence-electron chi connectivity index (χ2n) is 4.02. The van der Waals surface area contributed by atoms with Gasteiger partial charge in [-0.05, 0) is 58.5 Å². The van der Waals surface area contributed by atoms with Crippen LogP contribution in [0.2, 0.25) is 0 Å². The number of hydrogen-bond donors (Lipinski definition) is 3. The van der Waals surface area contributed by atoms with Crippen molar-refractivity contribution in [3.63, 3.8) is 0 Å². The molecule has 0 saturated heterocycles. The number of hydrogen-bond acceptors (Lipinski definition) is 3. The Morgan fingerprint density at radius 3 is 2.42 bits per heavy atom. The van der Waals surface area contributed by atoms with Crippen molar-refractivity contribution >= 4 is 28.5 Å². The number of benzene rings is 2. The fourth-order valence-corrected chi connectivity index (χ4v) is 1.89. The first-order chi connectivity index (χ1) is 9.06. The summed E-state index contributed by atoms with van der Waals surface area (Å²) in [6.45, 7) is 0.367. The van der Waals surface area contributed by atoms with Crippen LogP contribution in [0.3, 0.4) is 0 Å². The number of halogens is 1. The molecule has 0 atom stereocenters. The van der Waals surface area contributed by atoms with E-state index in [1.807, 2.05) is 22.6 Å². The van der Waals surface area contributed by atoms with Gasteiger partial charge in [0.1, 0.15) is 11.5 Å². The fourth-order valence-electron chi connectivity index (χ4n) is 1.55. The minimum Gasteiger partial charge on any atom is -0.508 e. The van der Waals surface area contributed by atoms with E-state index in [0.717, 1.165) is 5.56 Å². The Balaban J connectivity index is 2.01. The molecule has 0 aliphatic heterocycles. The van der Waals surface area contributed by atoms with Gasteiger partial charge in [0.25, 0.3) is 5.91 Å². The van der Waals surface area contributed by atoms with E-state index in [0.29, 0.717) is 15.7 Å². The predicted molar refractivity (Wildman–Crippen MR) is 80.1 cm³/mol. The lowest BCUT2D eigenvalue weighted by molar-refractivity contribution is 0.0950. The number of phenols is 2. The Bertz CT molecular complexity index is 596. The van der Waals surface area contributed by atoms with Gasteiger partial charge >= 0.3 is 0 Å². The van der Waals surface area contributed by atoms with E-state index in [2.05, 4.69) is 5.32 Å². The summed E-state index contributed by atoms with van der Waals surface area (Å²) in [5.41, 5.74) is 1.30. The first-order valence-electron chi connectivity index (χ1n) is 5.61. The zero-order chi connectivity index (χ0) is 13.8. The SMILES string of the molecule is O=C(NCc1ccc(O)cc1)c1ccc(I)c(O)c1. The average Bonchev–Trinajstić information content (AvgIpc) is 2.41. The molecule has 0 unspecified atom stereocenters. The Morgan fingerprint density at radius 2 is 1.79 bits per heavy atom. The van der Waals surface area contributed by atoms with Crippen LogP contribution < -0.4 is 5.32 Å². The Labute approximate surface area is 124 Å². The zero-order valence-electron chi connectivity index (χ0n) is 9.93. The van der Waals surface area contributed by atoms with Crippen LogP contribution in [0, 0.1) is 3.57 Å². The molecule has 2 aromatic rings. The van der Waals surface area contributed by atoms with Crippen LogP contribution in [0.15, 0.2) is 42.5 Å². The van der Waals surface area contributed by atoms with E-state index in [1.54, 1.807) is 36.4 Å². The molecule has 0 aliphatic rings. The molecule has 4 nitrogen and oxygen atoms in total. The second-order valence-corrected chi connectivity index (χ2v) is 5.18. The standard InChI is InChI=1S/C14H12INO3/c15-12-6-3-10(7-13(12)18)14(19)16-8-9-1-4-11(17)5-2-9/h1-7,17-18H,8H2,(H,16,19). The molecule has 1 amide bonds. The molecule has 5 heteroatoms. The van der Waals surface area contributed by atoms with Crippen molar-refractivity contribution in [1.82, 2.24) is 5.32 Å². The summed E-state index contributed by atoms with van der Waals surface area (Å²) >= 11 is 1.99. The summed E-state index contributed by atoms with van der Waals surface area (Å²) in [6, 6.07) is 11.4. The van der Waals surface area contributed by atoms with Gasteiger partial charge in [0, 0.05) is 12.1 Å². The lowest BCUT2D eigenvalue weighted by Gasteiger charge is -2.06. The molecule has 0 radical (unpaired) electrons. The number of phenolic OH excluding ortho intramolecular Hbond substituents is 2. The van der Waals surface area contributed by atoms with E-state index in [1.165, 1.54) is 6.07 Å². The highest BCUT2D eigenvalue weighted by Gasteiger charge is 2.07. The van der Waals surface area contributed by atoms with Crippen molar-refractivity contribution in [2.75, 3.05) is 0 Å². The zero-order valence-corrected chi connectivity index (χ0v) is 12.1. The van der Waals surface area contributed by atoms with Crippen molar-refractivity contribution in [3.8, 4) is 11.5 Å². The minimum absolute atomic E-state index is 0.0953. The summed E-state index contributed by atoms with van der Waals surface area (Å²) in [5.74, 6) is 0.0373. The molecule has 0 spiro atoms. The summed E-state index contributed by atoms with van der Waals surface area (Å²) in [6.07, 6.45) is 0. The Hall–Kier alpha value is -1.76. The third-order valence-electron chi connectivity index (χ3n) is 2.60. The van der Waals surface area contributed by atoms with Crippen molar-refractivity contribution in [2.45, 2.75) is 6.54 Å². The maximum absolute atomic E-state index is 11.9. The van der Waals surface area contributed by atoms with Crippen LogP contribution in [-0.2, 0) is 6.54 Å². The van der Waals surface area contributed by atoms with Gasteiger partial charge in [-0.3, -0.25) is 4.79 Å². The highest BCUT2D eigenvalue weighted by Crippen LogP contribution is 2.20. The van der Waals surface area contributed by atoms with E-state index in [9.17, 15) is 9.90 Å². The van der Waals surface area contributed by atoms with Crippen molar-refractivity contribution in [3.05, 3.63) is 57.2 Å². The van der Waals surface area contributed by atoms with Crippen molar-refractivity contribution in [2.24, 2.45) is 0 Å². The highest BCUT2D eigenvalue weighted by atomic mass is 127. The van der Waals surface area contributed by atoms with E-state index in [-0.39, 0.29) is 17.4 Å². The van der Waals surface area contributed by atoms with E-state index < -0.39 is 0 Å². The van der Waals surface area contributed by atoms with E-state index in [4.69, 9.17) is 5.11 Å². The fraction of sp³-hybridized carbons (Fsp3) is 0.0714. The lowest BCUT2D eigenvalue weighted by atomic mass is 10.2. The quantitative estimate of drug-likeness (QED) is 0.729. The maximum atomic E-state index is 11.9. The molecule has 2 rings (SSSR count). The van der Waals surface area contributed by atoms with Crippen LogP contribution in [0.5, 0.6) is 11.5 Å². The monoisotopic (exact) mass is 369 g/mol. The normalized spacial score (nSPS) is 10.2. The van der Waals surface area contributed by atoms with Crippen LogP contribution in [0.1, 0.15) is 15.9 Å². The summed E-state index contributed by atoms with van der Waals surface area (Å²) in [5, 5.41) is 21.4. The Morgan fingerprint density at radius 1 is 1.11 bits per heavy atom. The average molecular weight is 369 g/mol. The molecule has 98 valence electrons. The van der Waals surface area contributed by atoms with Crippen LogP contribution in [0.25, 0.3) is 0 Å². The molecular formula is C14H12INO3. The number of nitrogens with one attached hydrogen (secondary N) is 1. The largest absolute Gasteiger partial charge is 0.508 e. The molecule has 3 N–H and O–H groups in total. The predicted octanol–water partition coefficient (Wildman–Crippen LogP) is 2.63. The molecule has 0 heterocycles. The van der Waals surface area contributed by atoms with Crippen LogP contribution in [-0.4, -0.2) is 16.1 Å². The summed E-state index contributed by atoms with van der Waals surface area (Å²) in [4.78, 5) is 11.9. The molecule has 0 aliphatic carbocycles. The molecular weight excluding hydrogens is 357 g/mol. The van der Waals surface area contributed by atoms with Crippen LogP contribution in [0.4, 0.5) is 0 Å². The lowest BCUT2D eigenvalue weighted by Crippen LogP contribution is -2.22. The van der Waals surface area contributed by atoms with Crippen molar-refractivity contribution in [1.29, 1.82) is 0 Å². The van der Waals surface area contributed by atoms with Crippen LogP contribution >= 0.6 is 22.6 Å². The Kier molecular flexibility index (Phi) is 4.26. The number of amides is 1. The topological polar surface area (TPSA) is 69.6 Å². The van der Waals surface area contributed by atoms with Gasteiger partial charge in [-0.1, -0.05) is 12.1 Å². The third kappa shape index (κ3) is 3.60. The smallest absolute Gasteiger partial charge is 0.251 e. The van der Waals surface area contributed by atoms with Gasteiger partial charge in [0.2, 0.25) is 0 Å². The molecule has 0 saturated carbocycles. The summed E-state index contributed by atoms with van der Waals surface area (Å²) < 4.78 is 0.702. The van der Waals surface area contributed by atoms with Crippen molar-refractivity contribution < 1.29 is 15.0 Å². The molecule has 19 heavy (non-hydrogen) atoms. The maximum Gasteiger partial charge on any atom is 0.251 e. The van der Waals surface area contributed by atoms with Gasteiger partial charge in [0.05, 0.1) is 3.57 Å². The highest BCUT2D eigenvalue weighted by molar-refractivity contribution is 14.1. The third-order valence-corrected chi connectivity index (χ3v) is 3.51. The number of carbonyl (C=O) groups is 1. The minimum atomic E-state index is -0.250. The van der Waals surface area contributed by atoms with Gasteiger partial charge < -0.3 is 15.5 Å². The van der Waals surface area contributed by atoms with E-state index >= 15 is 0 Å². The molecule has 0 aromatic heterocycles. The molecule has 0 fully saturated rings. The van der Waals surface area contributed by atoms with Gasteiger partial charge in [-0.2, -0.15) is 0 Å². The first-order valence-corrected chi connectivity index (χ1v) is 6.69. The van der Waals surface area contributed by atoms with Gasteiger partial charge in [-0.15, -0.1) is 0 Å². The van der Waals surface area contributed by atoms with Gasteiger partial charge in [-0.25, -0.2) is 0 Å². The first kappa shape index (κ1) is 13.7. The molecule has 0 bridgehead atoms. The number of rotatable bonds is 3. The number of aromatic hydroxyl groups is 2. The summed E-state index contributed by atoms with van der Waals surface area (Å²) in [7, 11) is 0. The van der Waals surface area contributed by atoms with Gasteiger partial charge in [0.15, 0.2) is 0 Å². The second kappa shape index (κ2) is 5.92. The molecule has 2 aromatic carbocycles. The number of carbonyl (C=O) groups excluding carboxylic acids is 1.